The van der Waals surface area contributed by atoms with Crippen LogP contribution < -0.4 is 4.90 Å². The van der Waals surface area contributed by atoms with Crippen molar-refractivity contribution in [2.45, 2.75) is 31.9 Å². The van der Waals surface area contributed by atoms with E-state index in [0.29, 0.717) is 0 Å². The molecule has 2 aliphatic rings. The van der Waals surface area contributed by atoms with Crippen LogP contribution in [0.5, 0.6) is 0 Å². The average Bonchev–Trinajstić information content (AvgIpc) is 2.47. The molecule has 0 spiro atoms. The summed E-state index contributed by atoms with van der Waals surface area (Å²) in [4.78, 5) is 9.42. The van der Waals surface area contributed by atoms with Crippen molar-refractivity contribution in [3.05, 3.63) is 22.3 Å². The topological polar surface area (TPSA) is 39.6 Å². The van der Waals surface area contributed by atoms with E-state index in [1.54, 1.807) is 0 Å². The summed E-state index contributed by atoms with van der Waals surface area (Å²) >= 11 is 3.43. The van der Waals surface area contributed by atoms with Gasteiger partial charge in [-0.3, -0.25) is 0 Å². The Morgan fingerprint density at radius 3 is 3.05 bits per heavy atom. The number of hydrogen-bond acceptors (Lipinski definition) is 4. The molecule has 0 bridgehead atoms. The summed E-state index contributed by atoms with van der Waals surface area (Å²) in [6.45, 7) is 3.38. The Bertz CT molecular complexity index is 482. The summed E-state index contributed by atoms with van der Waals surface area (Å²) in [6.07, 6.45) is 5.64. The molecule has 3 rings (SSSR count). The van der Waals surface area contributed by atoms with Gasteiger partial charge in [-0.05, 0) is 60.8 Å². The standard InChI is InChI=1S/C15H22BrN3O/c1-18-5-2-3-11-9-19(6-4-14(11)18)15-12(10-20)7-13(16)8-17-15/h7-8,11,14,20H,2-6,9-10H2,1H3. The second-order valence-electron chi connectivity index (χ2n) is 5.98. The highest BCUT2D eigenvalue weighted by Crippen LogP contribution is 2.32. The largest absolute Gasteiger partial charge is 0.392 e. The van der Waals surface area contributed by atoms with Gasteiger partial charge in [-0.25, -0.2) is 4.98 Å². The van der Waals surface area contributed by atoms with E-state index in [1.807, 2.05) is 12.3 Å². The van der Waals surface area contributed by atoms with Crippen molar-refractivity contribution in [3.8, 4) is 0 Å². The molecule has 1 N–H and O–H groups in total. The Hall–Kier alpha value is -0.650. The van der Waals surface area contributed by atoms with Gasteiger partial charge in [0, 0.05) is 35.4 Å². The number of aliphatic hydroxyl groups is 1. The molecule has 1 aromatic rings. The lowest BCUT2D eigenvalue weighted by atomic mass is 9.84. The Morgan fingerprint density at radius 1 is 1.40 bits per heavy atom. The highest BCUT2D eigenvalue weighted by atomic mass is 79.9. The zero-order valence-electron chi connectivity index (χ0n) is 11.9. The summed E-state index contributed by atoms with van der Waals surface area (Å²) in [5.74, 6) is 1.70. The van der Waals surface area contributed by atoms with E-state index in [1.165, 1.54) is 25.8 Å². The van der Waals surface area contributed by atoms with Gasteiger partial charge in [-0.2, -0.15) is 0 Å². The van der Waals surface area contributed by atoms with Crippen LogP contribution in [0.15, 0.2) is 16.7 Å². The number of fused-ring (bicyclic) bond motifs is 1. The Morgan fingerprint density at radius 2 is 2.25 bits per heavy atom. The lowest BCUT2D eigenvalue weighted by Gasteiger charge is -2.46. The summed E-state index contributed by atoms with van der Waals surface area (Å²) in [6, 6.07) is 2.70. The smallest absolute Gasteiger partial charge is 0.134 e. The maximum Gasteiger partial charge on any atom is 0.134 e. The van der Waals surface area contributed by atoms with Crippen LogP contribution in [-0.4, -0.2) is 47.7 Å². The van der Waals surface area contributed by atoms with E-state index < -0.39 is 0 Å². The number of anilines is 1. The van der Waals surface area contributed by atoms with Crippen molar-refractivity contribution < 1.29 is 5.11 Å². The lowest BCUT2D eigenvalue weighted by Crippen LogP contribution is -2.53. The normalized spacial score (nSPS) is 27.4. The van der Waals surface area contributed by atoms with Crippen LogP contribution in [0, 0.1) is 5.92 Å². The van der Waals surface area contributed by atoms with Gasteiger partial charge >= 0.3 is 0 Å². The van der Waals surface area contributed by atoms with E-state index >= 15 is 0 Å². The molecule has 4 nitrogen and oxygen atoms in total. The molecule has 2 unspecified atom stereocenters. The van der Waals surface area contributed by atoms with Crippen molar-refractivity contribution in [1.29, 1.82) is 0 Å². The third kappa shape index (κ3) is 2.71. The second kappa shape index (κ2) is 6.00. The summed E-state index contributed by atoms with van der Waals surface area (Å²) in [5.41, 5.74) is 0.919. The van der Waals surface area contributed by atoms with Crippen LogP contribution >= 0.6 is 15.9 Å². The lowest BCUT2D eigenvalue weighted by molar-refractivity contribution is 0.102. The molecule has 2 fully saturated rings. The monoisotopic (exact) mass is 339 g/mol. The Balaban J connectivity index is 1.79. The maximum absolute atomic E-state index is 9.55. The molecule has 0 saturated carbocycles. The number of pyridine rings is 1. The molecule has 3 heterocycles. The fourth-order valence-electron chi connectivity index (χ4n) is 3.72. The molecule has 1 aromatic heterocycles. The average molecular weight is 340 g/mol. The number of halogens is 1. The van der Waals surface area contributed by atoms with E-state index in [4.69, 9.17) is 0 Å². The molecule has 2 aliphatic heterocycles. The molecule has 5 heteroatoms. The number of rotatable bonds is 2. The third-order valence-electron chi connectivity index (χ3n) is 4.73. The van der Waals surface area contributed by atoms with Gasteiger partial charge in [0.2, 0.25) is 0 Å². The first-order chi connectivity index (χ1) is 9.69. The third-order valence-corrected chi connectivity index (χ3v) is 5.16. The van der Waals surface area contributed by atoms with Crippen molar-refractivity contribution in [3.63, 3.8) is 0 Å². The first-order valence-electron chi connectivity index (χ1n) is 7.39. The van der Waals surface area contributed by atoms with Crippen LogP contribution in [-0.2, 0) is 6.61 Å². The molecule has 0 aromatic carbocycles. The first-order valence-corrected chi connectivity index (χ1v) is 8.19. The van der Waals surface area contributed by atoms with Crippen molar-refractivity contribution in [1.82, 2.24) is 9.88 Å². The number of aliphatic hydroxyl groups excluding tert-OH is 1. The highest BCUT2D eigenvalue weighted by molar-refractivity contribution is 9.10. The van der Waals surface area contributed by atoms with Crippen LogP contribution in [0.25, 0.3) is 0 Å². The maximum atomic E-state index is 9.55. The summed E-state index contributed by atoms with van der Waals surface area (Å²) < 4.78 is 0.928. The van der Waals surface area contributed by atoms with Gasteiger partial charge in [0.15, 0.2) is 0 Å². The predicted octanol–water partition coefficient (Wildman–Crippen LogP) is 2.26. The van der Waals surface area contributed by atoms with Crippen LogP contribution in [0.2, 0.25) is 0 Å². The van der Waals surface area contributed by atoms with Gasteiger partial charge in [0.25, 0.3) is 0 Å². The molecule has 20 heavy (non-hydrogen) atoms. The fraction of sp³-hybridized carbons (Fsp3) is 0.667. The molecule has 0 aliphatic carbocycles. The second-order valence-corrected chi connectivity index (χ2v) is 6.90. The minimum Gasteiger partial charge on any atom is -0.392 e. The molecule has 110 valence electrons. The number of hydrogen-bond donors (Lipinski definition) is 1. The number of nitrogens with zero attached hydrogens (tertiary/aromatic N) is 3. The molecule has 2 atom stereocenters. The fourth-order valence-corrected chi connectivity index (χ4v) is 4.10. The van der Waals surface area contributed by atoms with Crippen LogP contribution in [0.4, 0.5) is 5.82 Å². The summed E-state index contributed by atoms with van der Waals surface area (Å²) in [7, 11) is 2.25. The minimum atomic E-state index is 0.0479. The zero-order chi connectivity index (χ0) is 14.1. The number of likely N-dealkylation sites (tertiary alicyclic amines) is 1. The quantitative estimate of drug-likeness (QED) is 0.897. The number of piperidine rings is 2. The predicted molar refractivity (Wildman–Crippen MR) is 83.8 cm³/mol. The Labute approximate surface area is 128 Å². The molecular formula is C15H22BrN3O. The van der Waals surface area contributed by atoms with Gasteiger partial charge in [-0.1, -0.05) is 0 Å². The van der Waals surface area contributed by atoms with E-state index in [0.717, 1.165) is 40.9 Å². The summed E-state index contributed by atoms with van der Waals surface area (Å²) in [5, 5.41) is 9.55. The van der Waals surface area contributed by atoms with Crippen LogP contribution in [0.1, 0.15) is 24.8 Å². The molecular weight excluding hydrogens is 318 g/mol. The Kier molecular flexibility index (Phi) is 4.29. The first kappa shape index (κ1) is 14.3. The molecule has 2 saturated heterocycles. The zero-order valence-corrected chi connectivity index (χ0v) is 13.5. The highest BCUT2D eigenvalue weighted by Gasteiger charge is 2.35. The van der Waals surface area contributed by atoms with E-state index in [-0.39, 0.29) is 6.61 Å². The van der Waals surface area contributed by atoms with Gasteiger partial charge in [0.05, 0.1) is 6.61 Å². The van der Waals surface area contributed by atoms with E-state index in [2.05, 4.69) is 37.8 Å². The molecule has 0 amide bonds. The van der Waals surface area contributed by atoms with Gasteiger partial charge in [-0.15, -0.1) is 0 Å². The number of aromatic nitrogens is 1. The van der Waals surface area contributed by atoms with Gasteiger partial charge in [0.1, 0.15) is 5.82 Å². The van der Waals surface area contributed by atoms with Crippen molar-refractivity contribution in [2.24, 2.45) is 5.92 Å². The molecule has 0 radical (unpaired) electrons. The van der Waals surface area contributed by atoms with Crippen molar-refractivity contribution in [2.75, 3.05) is 31.6 Å². The SMILES string of the molecule is CN1CCCC2CN(c3ncc(Br)cc3CO)CCC21. The van der Waals surface area contributed by atoms with Crippen LogP contribution in [0.3, 0.4) is 0 Å². The minimum absolute atomic E-state index is 0.0479. The van der Waals surface area contributed by atoms with Gasteiger partial charge < -0.3 is 14.9 Å². The van der Waals surface area contributed by atoms with Crippen molar-refractivity contribution >= 4 is 21.7 Å². The van der Waals surface area contributed by atoms with E-state index in [9.17, 15) is 5.11 Å².